The van der Waals surface area contributed by atoms with Gasteiger partial charge in [0.25, 0.3) is 0 Å². The average Bonchev–Trinajstić information content (AvgIpc) is 2.74. The zero-order valence-corrected chi connectivity index (χ0v) is 18.4. The minimum Gasteiger partial charge on any atom is -1.00 e. The molecule has 150 valence electrons. The molecule has 3 rings (SSSR count). The Morgan fingerprint density at radius 3 is 1.52 bits per heavy atom. The average molecular weight is 425 g/mol. The normalized spacial score (nSPS) is 11.4. The highest BCUT2D eigenvalue weighted by atomic mass is 35.5. The van der Waals surface area contributed by atoms with E-state index in [1.807, 2.05) is 13.8 Å². The predicted octanol–water partition coefficient (Wildman–Crippen LogP) is 1.49. The Balaban J connectivity index is 0.00000300. The lowest BCUT2D eigenvalue weighted by molar-refractivity contribution is -0.137. The molecular weight excluding hydrogens is 399 g/mol. The summed E-state index contributed by atoms with van der Waals surface area (Å²) in [6, 6.07) is 32.0. The van der Waals surface area contributed by atoms with Gasteiger partial charge in [-0.15, -0.1) is 0 Å². The van der Waals surface area contributed by atoms with Crippen LogP contribution in [0.25, 0.3) is 0 Å². The molecule has 2 nitrogen and oxygen atoms in total. The third kappa shape index (κ3) is 5.35. The van der Waals surface area contributed by atoms with Crippen molar-refractivity contribution in [2.45, 2.75) is 13.8 Å². The molecule has 0 atom stereocenters. The lowest BCUT2D eigenvalue weighted by Crippen LogP contribution is -3.00. The van der Waals surface area contributed by atoms with E-state index in [-0.39, 0.29) is 18.4 Å². The summed E-state index contributed by atoms with van der Waals surface area (Å²) in [5.41, 5.74) is 1.03. The van der Waals surface area contributed by atoms with Gasteiger partial charge in [-0.05, 0) is 55.8 Å². The van der Waals surface area contributed by atoms with Crippen LogP contribution in [0.5, 0.6) is 0 Å². The van der Waals surface area contributed by atoms with E-state index < -0.39 is 7.26 Å². The van der Waals surface area contributed by atoms with Crippen LogP contribution in [0.15, 0.2) is 103 Å². The molecule has 0 spiro atoms. The van der Waals surface area contributed by atoms with Crippen molar-refractivity contribution in [3.05, 3.63) is 103 Å². The van der Waals surface area contributed by atoms with E-state index in [4.69, 9.17) is 4.74 Å². The van der Waals surface area contributed by atoms with Gasteiger partial charge in [0, 0.05) is 6.08 Å². The van der Waals surface area contributed by atoms with Gasteiger partial charge >= 0.3 is 5.97 Å². The minimum atomic E-state index is -1.96. The van der Waals surface area contributed by atoms with E-state index in [1.54, 1.807) is 6.08 Å². The van der Waals surface area contributed by atoms with Gasteiger partial charge in [0.2, 0.25) is 0 Å². The van der Waals surface area contributed by atoms with Crippen LogP contribution in [0.1, 0.15) is 13.8 Å². The second-order valence-electron chi connectivity index (χ2n) is 6.72. The maximum Gasteiger partial charge on any atom is 0.330 e. The number of hydrogen-bond acceptors (Lipinski definition) is 2. The smallest absolute Gasteiger partial charge is 0.330 e. The summed E-state index contributed by atoms with van der Waals surface area (Å²) in [4.78, 5) is 12.1. The van der Waals surface area contributed by atoms with Crippen LogP contribution < -0.4 is 28.3 Å². The minimum absolute atomic E-state index is 0. The molecule has 0 aliphatic heterocycles. The molecule has 0 aliphatic carbocycles. The van der Waals surface area contributed by atoms with Crippen LogP contribution in [0.2, 0.25) is 0 Å². The lowest BCUT2D eigenvalue weighted by Gasteiger charge is -2.28. The molecule has 0 saturated heterocycles. The number of benzene rings is 3. The Morgan fingerprint density at radius 1 is 0.793 bits per heavy atom. The number of allylic oxidation sites excluding steroid dienone is 1. The third-order valence-corrected chi connectivity index (χ3v) is 9.24. The van der Waals surface area contributed by atoms with Gasteiger partial charge < -0.3 is 17.1 Å². The van der Waals surface area contributed by atoms with E-state index in [1.165, 1.54) is 15.9 Å². The molecule has 29 heavy (non-hydrogen) atoms. The van der Waals surface area contributed by atoms with Crippen molar-refractivity contribution in [1.82, 2.24) is 0 Å². The van der Waals surface area contributed by atoms with Crippen molar-refractivity contribution in [2.24, 2.45) is 0 Å². The molecule has 0 amide bonds. The summed E-state index contributed by atoms with van der Waals surface area (Å²) in [5.74, 6) is -0.271. The van der Waals surface area contributed by atoms with Gasteiger partial charge in [-0.2, -0.15) is 0 Å². The van der Waals surface area contributed by atoms with Crippen molar-refractivity contribution in [2.75, 3.05) is 12.8 Å². The molecule has 3 aromatic carbocycles. The highest BCUT2D eigenvalue weighted by molar-refractivity contribution is 7.95. The number of esters is 1. The van der Waals surface area contributed by atoms with Crippen LogP contribution in [0, 0.1) is 0 Å². The van der Waals surface area contributed by atoms with E-state index in [2.05, 4.69) is 91.0 Å². The van der Waals surface area contributed by atoms with Crippen molar-refractivity contribution >= 4 is 29.1 Å². The van der Waals surface area contributed by atoms with Crippen molar-refractivity contribution in [3.8, 4) is 0 Å². The predicted molar refractivity (Wildman–Crippen MR) is 120 cm³/mol. The first-order valence-corrected chi connectivity index (χ1v) is 11.5. The Morgan fingerprint density at radius 2 is 1.17 bits per heavy atom. The molecule has 0 fully saturated rings. The third-order valence-electron chi connectivity index (χ3n) is 4.73. The van der Waals surface area contributed by atoms with Crippen LogP contribution in [-0.4, -0.2) is 18.7 Å². The fourth-order valence-electron chi connectivity index (χ4n) is 3.57. The van der Waals surface area contributed by atoms with Gasteiger partial charge in [-0.3, -0.25) is 0 Å². The summed E-state index contributed by atoms with van der Waals surface area (Å²) < 4.78 is 5.14. The number of ether oxygens (including phenoxy) is 1. The largest absolute Gasteiger partial charge is 1.00 e. The van der Waals surface area contributed by atoms with E-state index in [0.717, 1.165) is 11.7 Å². The van der Waals surface area contributed by atoms with Crippen molar-refractivity contribution < 1.29 is 21.9 Å². The molecule has 0 N–H and O–H groups in total. The van der Waals surface area contributed by atoms with Crippen LogP contribution in [0.3, 0.4) is 0 Å². The van der Waals surface area contributed by atoms with E-state index in [9.17, 15) is 4.79 Å². The highest BCUT2D eigenvalue weighted by Crippen LogP contribution is 2.56. The molecule has 4 heteroatoms. The summed E-state index contributed by atoms with van der Waals surface area (Å²) in [5, 5.41) is 3.93. The zero-order chi connectivity index (χ0) is 19.8. The summed E-state index contributed by atoms with van der Waals surface area (Å²) in [6.45, 7) is 4.25. The van der Waals surface area contributed by atoms with Crippen LogP contribution in [-0.2, 0) is 9.53 Å². The van der Waals surface area contributed by atoms with Gasteiger partial charge in [0.15, 0.2) is 0 Å². The SMILES string of the molecule is CCOC(=O)C=C(C)C[P+](c1ccccc1)(c1ccccc1)c1ccccc1.[Cl-]. The summed E-state index contributed by atoms with van der Waals surface area (Å²) in [7, 11) is -1.96. The molecule has 0 aromatic heterocycles. The molecule has 0 radical (unpaired) electrons. The van der Waals surface area contributed by atoms with Gasteiger partial charge in [-0.25, -0.2) is 4.79 Å². The Bertz CT molecular complexity index is 828. The fourth-order valence-corrected chi connectivity index (χ4v) is 7.90. The quantitative estimate of drug-likeness (QED) is 0.326. The summed E-state index contributed by atoms with van der Waals surface area (Å²) >= 11 is 0. The van der Waals surface area contributed by atoms with E-state index in [0.29, 0.717) is 6.61 Å². The first kappa shape index (κ1) is 22.9. The zero-order valence-electron chi connectivity index (χ0n) is 16.8. The molecule has 0 aliphatic rings. The Labute approximate surface area is 180 Å². The topological polar surface area (TPSA) is 26.3 Å². The highest BCUT2D eigenvalue weighted by Gasteiger charge is 2.45. The number of halogens is 1. The molecule has 0 heterocycles. The first-order chi connectivity index (χ1) is 13.7. The summed E-state index contributed by atoms with van der Waals surface area (Å²) in [6.07, 6.45) is 2.44. The number of hydrogen-bond donors (Lipinski definition) is 0. The molecule has 0 unspecified atom stereocenters. The Kier molecular flexibility index (Phi) is 8.64. The molecule has 0 saturated carbocycles. The van der Waals surface area contributed by atoms with Gasteiger partial charge in [-0.1, -0.05) is 54.6 Å². The molecule has 3 aromatic rings. The Hall–Kier alpha value is -2.41. The van der Waals surface area contributed by atoms with Crippen molar-refractivity contribution in [3.63, 3.8) is 0 Å². The first-order valence-electron chi connectivity index (χ1n) is 9.55. The second-order valence-corrected chi connectivity index (χ2v) is 10.2. The standard InChI is InChI=1S/C25H26O2P.ClH/c1-3-27-25(26)19-21(2)20-28(22-13-7-4-8-14-22,23-15-9-5-10-16-23)24-17-11-6-12-18-24;/h4-19H,3,20H2,1-2H3;1H/q+1;/p-1. The monoisotopic (exact) mass is 424 g/mol. The van der Waals surface area contributed by atoms with Gasteiger partial charge in [0.1, 0.15) is 23.2 Å². The molecular formula is C25H26ClO2P. The number of carbonyl (C=O) groups excluding carboxylic acids is 1. The van der Waals surface area contributed by atoms with Crippen molar-refractivity contribution in [1.29, 1.82) is 0 Å². The van der Waals surface area contributed by atoms with E-state index >= 15 is 0 Å². The van der Waals surface area contributed by atoms with Gasteiger partial charge in [0.05, 0.1) is 12.8 Å². The maximum atomic E-state index is 12.1. The second kappa shape index (κ2) is 11.0. The lowest BCUT2D eigenvalue weighted by atomic mass is 10.3. The number of rotatable bonds is 7. The molecule has 0 bridgehead atoms. The van der Waals surface area contributed by atoms with Crippen LogP contribution in [0.4, 0.5) is 0 Å². The maximum absolute atomic E-state index is 12.1. The van der Waals surface area contributed by atoms with Crippen LogP contribution >= 0.6 is 7.26 Å². The fraction of sp³-hybridized carbons (Fsp3) is 0.160. The number of carbonyl (C=O) groups is 1.